The van der Waals surface area contributed by atoms with Gasteiger partial charge in [0, 0.05) is 6.54 Å². The quantitative estimate of drug-likeness (QED) is 0.352. The fourth-order valence-corrected chi connectivity index (χ4v) is 3.86. The lowest BCUT2D eigenvalue weighted by Gasteiger charge is -2.30. The Kier molecular flexibility index (Phi) is 11.0. The summed E-state index contributed by atoms with van der Waals surface area (Å²) in [6, 6.07) is -2.90. The van der Waals surface area contributed by atoms with E-state index in [0.29, 0.717) is 32.2 Å². The van der Waals surface area contributed by atoms with E-state index in [1.54, 1.807) is 0 Å². The van der Waals surface area contributed by atoms with Gasteiger partial charge < -0.3 is 27.0 Å². The number of nitrogens with two attached hydrogens (primary N) is 2. The average Bonchev–Trinajstić information content (AvgIpc) is 3.17. The fraction of sp³-hybridized carbons (Fsp3) is 0.818. The van der Waals surface area contributed by atoms with Crippen molar-refractivity contribution in [3.8, 4) is 0 Å². The van der Waals surface area contributed by atoms with Gasteiger partial charge in [-0.2, -0.15) is 0 Å². The second-order valence-electron chi connectivity index (χ2n) is 9.26. The molecule has 6 N–H and O–H groups in total. The molecule has 0 spiro atoms. The molecule has 9 heteroatoms. The molecule has 4 amide bonds. The van der Waals surface area contributed by atoms with Crippen molar-refractivity contribution in [3.05, 3.63) is 0 Å². The highest BCUT2D eigenvalue weighted by Gasteiger charge is 2.38. The molecular formula is C22H41N5O4. The monoisotopic (exact) mass is 439 g/mol. The van der Waals surface area contributed by atoms with E-state index in [0.717, 1.165) is 12.8 Å². The summed E-state index contributed by atoms with van der Waals surface area (Å²) in [6.45, 7) is 10.1. The van der Waals surface area contributed by atoms with E-state index in [9.17, 15) is 19.2 Å². The van der Waals surface area contributed by atoms with E-state index in [2.05, 4.69) is 10.6 Å². The number of nitrogens with zero attached hydrogens (tertiary/aromatic N) is 1. The van der Waals surface area contributed by atoms with Crippen LogP contribution in [0.4, 0.5) is 0 Å². The molecule has 1 rings (SSSR count). The van der Waals surface area contributed by atoms with Gasteiger partial charge in [-0.05, 0) is 37.5 Å². The van der Waals surface area contributed by atoms with E-state index < -0.39 is 36.0 Å². The van der Waals surface area contributed by atoms with Gasteiger partial charge in [0.15, 0.2) is 0 Å². The van der Waals surface area contributed by atoms with Crippen molar-refractivity contribution in [3.63, 3.8) is 0 Å². The van der Waals surface area contributed by atoms with Gasteiger partial charge in [0.05, 0.1) is 6.04 Å². The Hall–Kier alpha value is -2.16. The molecule has 0 radical (unpaired) electrons. The van der Waals surface area contributed by atoms with Crippen molar-refractivity contribution in [2.75, 3.05) is 6.54 Å². The summed E-state index contributed by atoms with van der Waals surface area (Å²) >= 11 is 0. The van der Waals surface area contributed by atoms with Gasteiger partial charge in [0.25, 0.3) is 0 Å². The lowest BCUT2D eigenvalue weighted by Crippen LogP contribution is -2.58. The summed E-state index contributed by atoms with van der Waals surface area (Å²) in [5.41, 5.74) is 11.5. The Balaban J connectivity index is 2.85. The number of hydrogen-bond acceptors (Lipinski definition) is 5. The highest BCUT2D eigenvalue weighted by molar-refractivity contribution is 5.95. The third kappa shape index (κ3) is 8.12. The summed E-state index contributed by atoms with van der Waals surface area (Å²) in [6.07, 6.45) is 3.86. The largest absolute Gasteiger partial charge is 0.368 e. The Morgan fingerprint density at radius 3 is 2.26 bits per heavy atom. The predicted octanol–water partition coefficient (Wildman–Crippen LogP) is 0.652. The fourth-order valence-electron chi connectivity index (χ4n) is 3.86. The molecule has 0 saturated carbocycles. The average molecular weight is 440 g/mol. The van der Waals surface area contributed by atoms with Crippen LogP contribution in [-0.2, 0) is 19.2 Å². The van der Waals surface area contributed by atoms with Crippen LogP contribution in [0.1, 0.15) is 73.1 Å². The molecule has 9 nitrogen and oxygen atoms in total. The topological polar surface area (TPSA) is 148 Å². The molecule has 0 aromatic rings. The standard InChI is InChI=1S/C22H41N5O4/c1-6-7-9-16(19(24)28)25-21(30)18(14(4)5)26-20(29)17-10-8-11-27(17)22(31)15(23)12-13(2)3/h13-18H,6-12,23H2,1-5H3,(H2,24,28)(H,25,30)(H,26,29)/t15-,16-,17-,18-/m0/s1. The first-order valence-corrected chi connectivity index (χ1v) is 11.5. The minimum Gasteiger partial charge on any atom is -0.368 e. The second kappa shape index (κ2) is 12.6. The van der Waals surface area contributed by atoms with Gasteiger partial charge >= 0.3 is 0 Å². The number of carbonyl (C=O) groups is 4. The van der Waals surface area contributed by atoms with Gasteiger partial charge in [0.2, 0.25) is 23.6 Å². The normalized spacial score (nSPS) is 19.2. The van der Waals surface area contributed by atoms with E-state index in [1.807, 2.05) is 34.6 Å². The first-order chi connectivity index (χ1) is 14.5. The molecule has 4 atom stereocenters. The third-order valence-electron chi connectivity index (χ3n) is 5.63. The second-order valence-corrected chi connectivity index (χ2v) is 9.26. The zero-order valence-electron chi connectivity index (χ0n) is 19.6. The first kappa shape index (κ1) is 26.9. The molecule has 0 bridgehead atoms. The first-order valence-electron chi connectivity index (χ1n) is 11.5. The van der Waals surface area contributed by atoms with Gasteiger partial charge in [-0.1, -0.05) is 47.5 Å². The van der Waals surface area contributed by atoms with Crippen molar-refractivity contribution in [1.29, 1.82) is 0 Å². The molecule has 178 valence electrons. The Bertz CT molecular complexity index is 637. The van der Waals surface area contributed by atoms with Crippen LogP contribution in [0.15, 0.2) is 0 Å². The molecule has 1 saturated heterocycles. The number of primary amides is 1. The molecular weight excluding hydrogens is 398 g/mol. The minimum absolute atomic E-state index is 0.211. The number of amides is 4. The SMILES string of the molecule is CCCC[C@H](NC(=O)[C@@H](NC(=O)[C@@H]1CCCN1C(=O)[C@@H](N)CC(C)C)C(C)C)C(N)=O. The van der Waals surface area contributed by atoms with Gasteiger partial charge in [0.1, 0.15) is 18.1 Å². The van der Waals surface area contributed by atoms with E-state index in [4.69, 9.17) is 11.5 Å². The maximum Gasteiger partial charge on any atom is 0.243 e. The number of likely N-dealkylation sites (tertiary alicyclic amines) is 1. The molecule has 31 heavy (non-hydrogen) atoms. The van der Waals surface area contributed by atoms with Crippen LogP contribution < -0.4 is 22.1 Å². The molecule has 0 aromatic carbocycles. The summed E-state index contributed by atoms with van der Waals surface area (Å²) in [4.78, 5) is 51.8. The van der Waals surface area contributed by atoms with Crippen LogP contribution in [-0.4, -0.2) is 59.2 Å². The lowest BCUT2D eigenvalue weighted by molar-refractivity contribution is -0.141. The van der Waals surface area contributed by atoms with Crippen LogP contribution in [0.3, 0.4) is 0 Å². The number of hydrogen-bond donors (Lipinski definition) is 4. The summed E-state index contributed by atoms with van der Waals surface area (Å²) in [5.74, 6) is -1.59. The molecule has 1 fully saturated rings. The Morgan fingerprint density at radius 1 is 1.10 bits per heavy atom. The zero-order chi connectivity index (χ0) is 23.7. The highest BCUT2D eigenvalue weighted by Crippen LogP contribution is 2.20. The van der Waals surface area contributed by atoms with Gasteiger partial charge in [-0.25, -0.2) is 0 Å². The Labute approximate surface area is 186 Å². The van der Waals surface area contributed by atoms with E-state index in [-0.39, 0.29) is 23.7 Å². The Morgan fingerprint density at radius 2 is 1.74 bits per heavy atom. The van der Waals surface area contributed by atoms with Crippen molar-refractivity contribution in [2.45, 2.75) is 97.3 Å². The minimum atomic E-state index is -0.835. The number of carbonyl (C=O) groups excluding carboxylic acids is 4. The maximum absolute atomic E-state index is 13.0. The number of rotatable bonds is 12. The van der Waals surface area contributed by atoms with Crippen LogP contribution in [0, 0.1) is 11.8 Å². The van der Waals surface area contributed by atoms with Gasteiger partial charge in [-0.3, -0.25) is 19.2 Å². The maximum atomic E-state index is 13.0. The number of unbranched alkanes of at least 4 members (excludes halogenated alkanes) is 1. The van der Waals surface area contributed by atoms with Gasteiger partial charge in [-0.15, -0.1) is 0 Å². The number of nitrogens with one attached hydrogen (secondary N) is 2. The van der Waals surface area contributed by atoms with Crippen molar-refractivity contribution < 1.29 is 19.2 Å². The van der Waals surface area contributed by atoms with Crippen molar-refractivity contribution >= 4 is 23.6 Å². The molecule has 1 aliphatic heterocycles. The molecule has 0 unspecified atom stereocenters. The summed E-state index contributed by atoms with van der Waals surface area (Å²) < 4.78 is 0. The summed E-state index contributed by atoms with van der Waals surface area (Å²) in [7, 11) is 0. The van der Waals surface area contributed by atoms with Crippen molar-refractivity contribution in [1.82, 2.24) is 15.5 Å². The third-order valence-corrected chi connectivity index (χ3v) is 5.63. The molecule has 1 aliphatic rings. The zero-order valence-corrected chi connectivity index (χ0v) is 19.6. The van der Waals surface area contributed by atoms with Crippen LogP contribution in [0.25, 0.3) is 0 Å². The molecule has 1 heterocycles. The molecule has 0 aliphatic carbocycles. The predicted molar refractivity (Wildman–Crippen MR) is 120 cm³/mol. The van der Waals surface area contributed by atoms with E-state index >= 15 is 0 Å². The molecule has 0 aromatic heterocycles. The smallest absolute Gasteiger partial charge is 0.243 e. The van der Waals surface area contributed by atoms with Crippen LogP contribution in [0.2, 0.25) is 0 Å². The van der Waals surface area contributed by atoms with Crippen molar-refractivity contribution in [2.24, 2.45) is 23.3 Å². The summed E-state index contributed by atoms with van der Waals surface area (Å²) in [5, 5.41) is 5.46. The lowest BCUT2D eigenvalue weighted by atomic mass is 10.0. The van der Waals surface area contributed by atoms with Crippen LogP contribution >= 0.6 is 0 Å². The highest BCUT2D eigenvalue weighted by atomic mass is 16.2. The van der Waals surface area contributed by atoms with E-state index in [1.165, 1.54) is 4.90 Å². The van der Waals surface area contributed by atoms with Crippen LogP contribution in [0.5, 0.6) is 0 Å².